The highest BCUT2D eigenvalue weighted by atomic mass is 79.9. The zero-order chi connectivity index (χ0) is 13.1. The third kappa shape index (κ3) is 3.27. The Morgan fingerprint density at radius 2 is 2.33 bits per heavy atom. The third-order valence-corrected chi connectivity index (χ3v) is 5.00. The van der Waals surface area contributed by atoms with Crippen molar-refractivity contribution in [3.63, 3.8) is 0 Å². The van der Waals surface area contributed by atoms with Crippen LogP contribution in [0.1, 0.15) is 37.9 Å². The summed E-state index contributed by atoms with van der Waals surface area (Å²) >= 11 is 9.37. The van der Waals surface area contributed by atoms with Crippen LogP contribution in [0, 0.1) is 5.92 Å². The number of benzene rings is 1. The topological polar surface area (TPSA) is 32.3 Å². The molecular formula is C14H19BrClNO. The lowest BCUT2D eigenvalue weighted by Crippen LogP contribution is -2.42. The highest BCUT2D eigenvalue weighted by molar-refractivity contribution is 9.10. The Morgan fingerprint density at radius 3 is 3.00 bits per heavy atom. The molecular weight excluding hydrogens is 314 g/mol. The summed E-state index contributed by atoms with van der Waals surface area (Å²) in [5.41, 5.74) is 0.917. The second kappa shape index (κ2) is 6.38. The second-order valence-electron chi connectivity index (χ2n) is 4.98. The van der Waals surface area contributed by atoms with Gasteiger partial charge >= 0.3 is 0 Å². The maximum absolute atomic E-state index is 10.4. The van der Waals surface area contributed by atoms with Gasteiger partial charge in [0.25, 0.3) is 0 Å². The summed E-state index contributed by atoms with van der Waals surface area (Å²) in [5, 5.41) is 14.5. The predicted molar refractivity (Wildman–Crippen MR) is 78.9 cm³/mol. The highest BCUT2D eigenvalue weighted by Crippen LogP contribution is 2.31. The number of piperidine rings is 1. The average molecular weight is 333 g/mol. The maximum Gasteiger partial charge on any atom is 0.0943 e. The maximum atomic E-state index is 10.4. The summed E-state index contributed by atoms with van der Waals surface area (Å²) in [4.78, 5) is 0. The van der Waals surface area contributed by atoms with Gasteiger partial charge in [-0.15, -0.1) is 0 Å². The van der Waals surface area contributed by atoms with Gasteiger partial charge in [0.05, 0.1) is 11.1 Å². The van der Waals surface area contributed by atoms with Crippen molar-refractivity contribution in [1.82, 2.24) is 5.32 Å². The normalized spacial score (nSPS) is 26.0. The molecule has 0 amide bonds. The van der Waals surface area contributed by atoms with Crippen LogP contribution >= 0.6 is 27.5 Å². The van der Waals surface area contributed by atoms with Crippen LogP contribution in [0.25, 0.3) is 0 Å². The van der Waals surface area contributed by atoms with Crippen LogP contribution in [-0.2, 0) is 0 Å². The molecule has 1 aliphatic rings. The number of rotatable bonds is 3. The largest absolute Gasteiger partial charge is 0.387 e. The number of aliphatic hydroxyl groups excluding tert-OH is 1. The molecule has 0 spiro atoms. The fourth-order valence-electron chi connectivity index (χ4n) is 2.57. The van der Waals surface area contributed by atoms with E-state index in [0.717, 1.165) is 28.9 Å². The molecule has 1 aromatic carbocycles. The van der Waals surface area contributed by atoms with Gasteiger partial charge in [0, 0.05) is 10.5 Å². The van der Waals surface area contributed by atoms with Crippen molar-refractivity contribution in [3.8, 4) is 0 Å². The van der Waals surface area contributed by atoms with Crippen LogP contribution in [0.3, 0.4) is 0 Å². The van der Waals surface area contributed by atoms with Crippen molar-refractivity contribution < 1.29 is 5.11 Å². The van der Waals surface area contributed by atoms with Crippen LogP contribution in [0.4, 0.5) is 0 Å². The molecule has 1 fully saturated rings. The summed E-state index contributed by atoms with van der Waals surface area (Å²) in [6.45, 7) is 3.22. The zero-order valence-corrected chi connectivity index (χ0v) is 12.8. The fraction of sp³-hybridized carbons (Fsp3) is 0.571. The minimum atomic E-state index is -0.465. The molecule has 0 saturated carbocycles. The van der Waals surface area contributed by atoms with E-state index < -0.39 is 6.10 Å². The highest BCUT2D eigenvalue weighted by Gasteiger charge is 2.27. The number of nitrogens with one attached hydrogen (secondary N) is 1. The van der Waals surface area contributed by atoms with Crippen molar-refractivity contribution in [2.75, 3.05) is 6.54 Å². The van der Waals surface area contributed by atoms with E-state index in [1.165, 1.54) is 12.8 Å². The van der Waals surface area contributed by atoms with Crippen molar-refractivity contribution in [1.29, 1.82) is 0 Å². The lowest BCUT2D eigenvalue weighted by Gasteiger charge is -2.33. The molecule has 0 bridgehead atoms. The first kappa shape index (κ1) is 14.3. The van der Waals surface area contributed by atoms with Crippen molar-refractivity contribution in [2.45, 2.75) is 38.3 Å². The van der Waals surface area contributed by atoms with Crippen molar-refractivity contribution >= 4 is 27.5 Å². The van der Waals surface area contributed by atoms with Crippen molar-refractivity contribution in [2.24, 2.45) is 5.92 Å². The van der Waals surface area contributed by atoms with Gasteiger partial charge in [-0.25, -0.2) is 0 Å². The Labute approximate surface area is 122 Å². The lowest BCUT2D eigenvalue weighted by atomic mass is 9.86. The summed E-state index contributed by atoms with van der Waals surface area (Å²) in [6.07, 6.45) is 2.98. The van der Waals surface area contributed by atoms with Gasteiger partial charge in [-0.1, -0.05) is 31.0 Å². The molecule has 18 heavy (non-hydrogen) atoms. The van der Waals surface area contributed by atoms with Gasteiger partial charge in [-0.2, -0.15) is 0 Å². The van der Waals surface area contributed by atoms with E-state index >= 15 is 0 Å². The smallest absolute Gasteiger partial charge is 0.0943 e. The van der Waals surface area contributed by atoms with E-state index in [1.807, 2.05) is 18.2 Å². The van der Waals surface area contributed by atoms with E-state index in [2.05, 4.69) is 28.2 Å². The molecule has 0 radical (unpaired) electrons. The average Bonchev–Trinajstić information content (AvgIpc) is 2.41. The first-order valence-electron chi connectivity index (χ1n) is 6.48. The predicted octanol–water partition coefficient (Wildman–Crippen LogP) is 3.91. The standard InChI is InChI=1S/C14H19BrClNO/c1-2-9-5-6-17-13(7-9)14(18)10-3-4-12(16)11(15)8-10/h3-4,8-9,13-14,17-18H,2,5-7H2,1H3. The van der Waals surface area contributed by atoms with Crippen molar-refractivity contribution in [3.05, 3.63) is 33.3 Å². The first-order valence-corrected chi connectivity index (χ1v) is 7.65. The third-order valence-electron chi connectivity index (χ3n) is 3.79. The Balaban J connectivity index is 2.10. The lowest BCUT2D eigenvalue weighted by molar-refractivity contribution is 0.0978. The molecule has 1 aliphatic heterocycles. The monoisotopic (exact) mass is 331 g/mol. The number of aliphatic hydroxyl groups is 1. The van der Waals surface area contributed by atoms with E-state index in [9.17, 15) is 5.11 Å². The molecule has 2 N–H and O–H groups in total. The van der Waals surface area contributed by atoms with Crippen LogP contribution in [-0.4, -0.2) is 17.7 Å². The molecule has 2 nitrogen and oxygen atoms in total. The molecule has 2 rings (SSSR count). The Morgan fingerprint density at radius 1 is 1.56 bits per heavy atom. The molecule has 3 unspecified atom stereocenters. The van der Waals surface area contributed by atoms with Gasteiger partial charge in [0.1, 0.15) is 0 Å². The molecule has 3 atom stereocenters. The SMILES string of the molecule is CCC1CCNC(C(O)c2ccc(Cl)c(Br)c2)C1. The second-order valence-corrected chi connectivity index (χ2v) is 6.24. The molecule has 0 aromatic heterocycles. The molecule has 1 heterocycles. The Kier molecular flexibility index (Phi) is 5.07. The first-order chi connectivity index (χ1) is 8.61. The van der Waals surface area contributed by atoms with E-state index in [1.54, 1.807) is 0 Å². The van der Waals surface area contributed by atoms with Crippen LogP contribution in [0.2, 0.25) is 5.02 Å². The summed E-state index contributed by atoms with van der Waals surface area (Å²) in [6, 6.07) is 5.78. The summed E-state index contributed by atoms with van der Waals surface area (Å²) in [7, 11) is 0. The van der Waals surface area contributed by atoms with Gasteiger partial charge in [-0.3, -0.25) is 0 Å². The van der Waals surface area contributed by atoms with Gasteiger partial charge in [0.2, 0.25) is 0 Å². The van der Waals surface area contributed by atoms with Gasteiger partial charge in [-0.05, 0) is 58.9 Å². The molecule has 100 valence electrons. The minimum absolute atomic E-state index is 0.150. The minimum Gasteiger partial charge on any atom is -0.387 e. The summed E-state index contributed by atoms with van der Waals surface area (Å²) < 4.78 is 0.837. The van der Waals surface area contributed by atoms with Gasteiger partial charge in [0.15, 0.2) is 0 Å². The van der Waals surface area contributed by atoms with Gasteiger partial charge < -0.3 is 10.4 Å². The number of halogens is 2. The Hall–Kier alpha value is -0.0900. The number of hydrogen-bond acceptors (Lipinski definition) is 2. The molecule has 0 aliphatic carbocycles. The number of hydrogen-bond donors (Lipinski definition) is 2. The zero-order valence-electron chi connectivity index (χ0n) is 10.5. The fourth-order valence-corrected chi connectivity index (χ4v) is 3.09. The quantitative estimate of drug-likeness (QED) is 0.879. The van der Waals surface area contributed by atoms with Crippen LogP contribution < -0.4 is 5.32 Å². The Bertz CT molecular complexity index is 413. The van der Waals surface area contributed by atoms with E-state index in [0.29, 0.717) is 5.02 Å². The van der Waals surface area contributed by atoms with Crippen LogP contribution in [0.15, 0.2) is 22.7 Å². The molecule has 1 aromatic rings. The van der Waals surface area contributed by atoms with E-state index in [4.69, 9.17) is 11.6 Å². The molecule has 4 heteroatoms. The summed E-state index contributed by atoms with van der Waals surface area (Å²) in [5.74, 6) is 0.724. The molecule has 1 saturated heterocycles. The van der Waals surface area contributed by atoms with Crippen LogP contribution in [0.5, 0.6) is 0 Å². The van der Waals surface area contributed by atoms with E-state index in [-0.39, 0.29) is 6.04 Å².